The van der Waals surface area contributed by atoms with E-state index in [9.17, 15) is 4.79 Å². The zero-order valence-electron chi connectivity index (χ0n) is 14.4. The summed E-state index contributed by atoms with van der Waals surface area (Å²) in [5, 5.41) is 10.5. The van der Waals surface area contributed by atoms with Crippen LogP contribution in [0.25, 0.3) is 0 Å². The van der Waals surface area contributed by atoms with Gasteiger partial charge in [0.05, 0.1) is 0 Å². The maximum absolute atomic E-state index is 12.3. The van der Waals surface area contributed by atoms with Crippen LogP contribution in [0.2, 0.25) is 0 Å². The highest BCUT2D eigenvalue weighted by Gasteiger charge is 2.09. The summed E-state index contributed by atoms with van der Waals surface area (Å²) in [7, 11) is 0. The Labute approximate surface area is 148 Å². The van der Waals surface area contributed by atoms with Crippen molar-refractivity contribution >= 4 is 17.7 Å². The van der Waals surface area contributed by atoms with Gasteiger partial charge < -0.3 is 5.32 Å². The van der Waals surface area contributed by atoms with E-state index in [0.29, 0.717) is 5.56 Å². The first-order valence-electron chi connectivity index (χ1n) is 8.57. The molecule has 24 heavy (non-hydrogen) atoms. The average Bonchev–Trinajstić information content (AvgIpc) is 3.11. The highest BCUT2D eigenvalue weighted by molar-refractivity contribution is 7.98. The van der Waals surface area contributed by atoms with Crippen molar-refractivity contribution in [1.82, 2.24) is 20.5 Å². The molecule has 0 aliphatic rings. The fourth-order valence-electron chi connectivity index (χ4n) is 2.42. The lowest BCUT2D eigenvalue weighted by Crippen LogP contribution is -2.32. The second-order valence-corrected chi connectivity index (χ2v) is 6.96. The SMILES string of the molecule is CCCCCCC(C)NC(=O)c1ccc(CSc2ncn[nH]2)cc1. The molecule has 5 nitrogen and oxygen atoms in total. The predicted molar refractivity (Wildman–Crippen MR) is 98.1 cm³/mol. The van der Waals surface area contributed by atoms with Gasteiger partial charge in [-0.05, 0) is 31.0 Å². The first-order chi connectivity index (χ1) is 11.7. The van der Waals surface area contributed by atoms with Crippen LogP contribution in [0.5, 0.6) is 0 Å². The molecule has 2 rings (SSSR count). The van der Waals surface area contributed by atoms with E-state index < -0.39 is 0 Å². The van der Waals surface area contributed by atoms with Crippen molar-refractivity contribution in [3.63, 3.8) is 0 Å². The molecule has 6 heteroatoms. The molecule has 130 valence electrons. The Morgan fingerprint density at radius 2 is 2.04 bits per heavy atom. The number of carbonyl (C=O) groups excluding carboxylic acids is 1. The maximum Gasteiger partial charge on any atom is 0.251 e. The number of aromatic nitrogens is 3. The van der Waals surface area contributed by atoms with Gasteiger partial charge in [0.25, 0.3) is 5.91 Å². The van der Waals surface area contributed by atoms with Crippen molar-refractivity contribution in [1.29, 1.82) is 0 Å². The van der Waals surface area contributed by atoms with Gasteiger partial charge in [0.15, 0.2) is 5.16 Å². The molecule has 1 unspecified atom stereocenters. The van der Waals surface area contributed by atoms with Crippen LogP contribution in [-0.2, 0) is 5.75 Å². The first kappa shape index (κ1) is 18.5. The number of unbranched alkanes of at least 4 members (excludes halogenated alkanes) is 3. The molecule has 1 amide bonds. The monoisotopic (exact) mass is 346 g/mol. The van der Waals surface area contributed by atoms with Crippen LogP contribution >= 0.6 is 11.8 Å². The molecule has 0 fully saturated rings. The predicted octanol–water partition coefficient (Wildman–Crippen LogP) is 4.19. The van der Waals surface area contributed by atoms with Crippen LogP contribution < -0.4 is 5.32 Å². The van der Waals surface area contributed by atoms with E-state index in [1.54, 1.807) is 11.8 Å². The molecule has 2 N–H and O–H groups in total. The van der Waals surface area contributed by atoms with Crippen LogP contribution in [0.4, 0.5) is 0 Å². The van der Waals surface area contributed by atoms with Crippen molar-refractivity contribution < 1.29 is 4.79 Å². The van der Waals surface area contributed by atoms with Crippen LogP contribution in [0.3, 0.4) is 0 Å². The van der Waals surface area contributed by atoms with Gasteiger partial charge in [0.2, 0.25) is 0 Å². The zero-order valence-corrected chi connectivity index (χ0v) is 15.2. The maximum atomic E-state index is 12.3. The molecule has 2 aromatic rings. The Morgan fingerprint density at radius 1 is 1.25 bits per heavy atom. The lowest BCUT2D eigenvalue weighted by Gasteiger charge is -2.14. The number of carbonyl (C=O) groups is 1. The number of nitrogens with one attached hydrogen (secondary N) is 2. The van der Waals surface area contributed by atoms with Gasteiger partial charge in [0.1, 0.15) is 6.33 Å². The Morgan fingerprint density at radius 3 is 2.71 bits per heavy atom. The van der Waals surface area contributed by atoms with E-state index in [0.717, 1.165) is 22.9 Å². The van der Waals surface area contributed by atoms with Gasteiger partial charge in [-0.3, -0.25) is 9.89 Å². The fraction of sp³-hybridized carbons (Fsp3) is 0.500. The minimum Gasteiger partial charge on any atom is -0.350 e. The van der Waals surface area contributed by atoms with E-state index in [-0.39, 0.29) is 11.9 Å². The third-order valence-corrected chi connectivity index (χ3v) is 4.80. The summed E-state index contributed by atoms with van der Waals surface area (Å²) in [6.07, 6.45) is 7.47. The molecule has 0 saturated heterocycles. The average molecular weight is 346 g/mol. The topological polar surface area (TPSA) is 70.7 Å². The molecule has 1 atom stereocenters. The Kier molecular flexibility index (Phi) is 7.82. The largest absolute Gasteiger partial charge is 0.350 e. The van der Waals surface area contributed by atoms with Crippen molar-refractivity contribution in [3.05, 3.63) is 41.7 Å². The van der Waals surface area contributed by atoms with E-state index in [1.807, 2.05) is 24.3 Å². The van der Waals surface area contributed by atoms with Gasteiger partial charge in [-0.15, -0.1) is 0 Å². The van der Waals surface area contributed by atoms with Gasteiger partial charge in [-0.25, -0.2) is 4.98 Å². The van der Waals surface area contributed by atoms with Crippen LogP contribution in [0.15, 0.2) is 35.7 Å². The highest BCUT2D eigenvalue weighted by atomic mass is 32.2. The second kappa shape index (κ2) is 10.1. The lowest BCUT2D eigenvalue weighted by molar-refractivity contribution is 0.0938. The van der Waals surface area contributed by atoms with Gasteiger partial charge in [-0.1, -0.05) is 56.5 Å². The molecule has 1 aromatic carbocycles. The summed E-state index contributed by atoms with van der Waals surface area (Å²) < 4.78 is 0. The number of hydrogen-bond donors (Lipinski definition) is 2. The van der Waals surface area contributed by atoms with Gasteiger partial charge in [-0.2, -0.15) is 5.10 Å². The number of hydrogen-bond acceptors (Lipinski definition) is 4. The van der Waals surface area contributed by atoms with Crippen molar-refractivity contribution in [2.75, 3.05) is 0 Å². The molecule has 0 aliphatic heterocycles. The summed E-state index contributed by atoms with van der Waals surface area (Å²) >= 11 is 1.59. The summed E-state index contributed by atoms with van der Waals surface area (Å²) in [6, 6.07) is 7.97. The van der Waals surface area contributed by atoms with E-state index in [1.165, 1.54) is 32.0 Å². The van der Waals surface area contributed by atoms with Gasteiger partial charge in [0, 0.05) is 17.4 Å². The molecule has 0 spiro atoms. The van der Waals surface area contributed by atoms with Crippen LogP contribution in [-0.4, -0.2) is 27.1 Å². The molecular formula is C18H26N4OS. The fourth-order valence-corrected chi connectivity index (χ4v) is 3.16. The number of benzene rings is 1. The Hall–Kier alpha value is -1.82. The van der Waals surface area contributed by atoms with Crippen molar-refractivity contribution in [2.24, 2.45) is 0 Å². The minimum atomic E-state index is 0.00688. The normalized spacial score (nSPS) is 12.1. The third kappa shape index (κ3) is 6.35. The molecule has 0 radical (unpaired) electrons. The second-order valence-electron chi connectivity index (χ2n) is 6.00. The highest BCUT2D eigenvalue weighted by Crippen LogP contribution is 2.18. The minimum absolute atomic E-state index is 0.00688. The Bertz CT molecular complexity index is 598. The molecule has 0 bridgehead atoms. The van der Waals surface area contributed by atoms with Gasteiger partial charge >= 0.3 is 0 Å². The van der Waals surface area contributed by atoms with E-state index in [4.69, 9.17) is 0 Å². The molecule has 0 aliphatic carbocycles. The summed E-state index contributed by atoms with van der Waals surface area (Å²) in [5.41, 5.74) is 1.87. The van der Waals surface area contributed by atoms with Crippen LogP contribution in [0.1, 0.15) is 61.9 Å². The standard InChI is InChI=1S/C18H26N4OS/c1-3-4-5-6-7-14(2)21-17(23)16-10-8-15(9-11-16)12-24-18-19-13-20-22-18/h8-11,13-14H,3-7,12H2,1-2H3,(H,21,23)(H,19,20,22). The molecule has 1 aromatic heterocycles. The molecule has 1 heterocycles. The quantitative estimate of drug-likeness (QED) is 0.500. The molecular weight excluding hydrogens is 320 g/mol. The Balaban J connectivity index is 1.75. The van der Waals surface area contributed by atoms with Crippen molar-refractivity contribution in [2.45, 2.75) is 62.9 Å². The summed E-state index contributed by atoms with van der Waals surface area (Å²) in [6.45, 7) is 4.28. The zero-order chi connectivity index (χ0) is 17.2. The van der Waals surface area contributed by atoms with E-state index >= 15 is 0 Å². The number of H-pyrrole nitrogens is 1. The molecule has 0 saturated carbocycles. The number of nitrogens with zero attached hydrogens (tertiary/aromatic N) is 2. The third-order valence-electron chi connectivity index (χ3n) is 3.85. The number of amides is 1. The number of aromatic amines is 1. The summed E-state index contributed by atoms with van der Waals surface area (Å²) in [5.74, 6) is 0.803. The number of thioether (sulfide) groups is 1. The van der Waals surface area contributed by atoms with E-state index in [2.05, 4.69) is 34.3 Å². The lowest BCUT2D eigenvalue weighted by atomic mass is 10.1. The van der Waals surface area contributed by atoms with Crippen LogP contribution in [0, 0.1) is 0 Å². The summed E-state index contributed by atoms with van der Waals surface area (Å²) in [4.78, 5) is 16.3. The van der Waals surface area contributed by atoms with Crippen molar-refractivity contribution in [3.8, 4) is 0 Å². The first-order valence-corrected chi connectivity index (χ1v) is 9.55. The smallest absolute Gasteiger partial charge is 0.251 e. The number of rotatable bonds is 10.